The maximum Gasteiger partial charge on any atom is 0.222 e. The van der Waals surface area contributed by atoms with E-state index in [0.29, 0.717) is 58.0 Å². The number of ether oxygens (including phenoxy) is 2. The van der Waals surface area contributed by atoms with Crippen LogP contribution in [0.1, 0.15) is 79.1 Å². The third kappa shape index (κ3) is 10.5. The third-order valence-electron chi connectivity index (χ3n) is 5.63. The molecule has 1 aliphatic carbocycles. The quantitative estimate of drug-likeness (QED) is 0.407. The molecule has 1 saturated carbocycles. The van der Waals surface area contributed by atoms with Crippen LogP contribution in [0, 0.1) is 5.92 Å². The van der Waals surface area contributed by atoms with Crippen molar-refractivity contribution < 1.29 is 23.9 Å². The van der Waals surface area contributed by atoms with Gasteiger partial charge in [-0.25, -0.2) is 0 Å². The largest absolute Gasteiger partial charge is 0.379 e. The van der Waals surface area contributed by atoms with Gasteiger partial charge in [-0.3, -0.25) is 14.4 Å². The summed E-state index contributed by atoms with van der Waals surface area (Å²) in [6, 6.07) is 0.352. The molecule has 174 valence electrons. The Morgan fingerprint density at radius 1 is 0.933 bits per heavy atom. The van der Waals surface area contributed by atoms with Crippen LogP contribution in [0.2, 0.25) is 0 Å². The lowest BCUT2D eigenvalue weighted by atomic mass is 9.83. The SMILES string of the molecule is CCCC(=O)N(CCOCCOCCC(=O)NC1CCC(C(=O)CC)CC1)C(C)C. The first-order chi connectivity index (χ1) is 14.4. The van der Waals surface area contributed by atoms with Crippen LogP contribution >= 0.6 is 0 Å². The van der Waals surface area contributed by atoms with Gasteiger partial charge in [-0.05, 0) is 46.0 Å². The number of Topliss-reactive ketones (excluding diaryl/α,β-unsaturated/α-hetero) is 1. The van der Waals surface area contributed by atoms with Crippen LogP contribution in [-0.2, 0) is 23.9 Å². The minimum absolute atomic E-state index is 0.00296. The summed E-state index contributed by atoms with van der Waals surface area (Å²) in [5, 5.41) is 3.05. The standard InChI is InChI=1S/C23H42N2O5/c1-5-7-23(28)25(18(3)4)13-15-30-17-16-29-14-12-22(27)24-20-10-8-19(9-11-20)21(26)6-2/h18-20H,5-17H2,1-4H3,(H,24,27). The Bertz CT molecular complexity index is 516. The molecule has 0 radical (unpaired) electrons. The van der Waals surface area contributed by atoms with E-state index in [1.165, 1.54) is 0 Å². The molecule has 1 aliphatic rings. The van der Waals surface area contributed by atoms with Crippen LogP contribution in [0.25, 0.3) is 0 Å². The molecule has 0 atom stereocenters. The number of rotatable bonds is 15. The van der Waals surface area contributed by atoms with E-state index >= 15 is 0 Å². The van der Waals surface area contributed by atoms with Crippen molar-refractivity contribution in [1.29, 1.82) is 0 Å². The minimum Gasteiger partial charge on any atom is -0.379 e. The molecule has 0 heterocycles. The fourth-order valence-corrected chi connectivity index (χ4v) is 3.83. The van der Waals surface area contributed by atoms with E-state index in [-0.39, 0.29) is 29.8 Å². The molecule has 0 spiro atoms. The lowest BCUT2D eigenvalue weighted by Gasteiger charge is -2.28. The van der Waals surface area contributed by atoms with Crippen LogP contribution in [0.5, 0.6) is 0 Å². The fourth-order valence-electron chi connectivity index (χ4n) is 3.83. The molecular formula is C23H42N2O5. The van der Waals surface area contributed by atoms with Crippen LogP contribution in [0.15, 0.2) is 0 Å². The van der Waals surface area contributed by atoms with Gasteiger partial charge >= 0.3 is 0 Å². The molecule has 0 aromatic heterocycles. The number of nitrogens with zero attached hydrogens (tertiary/aromatic N) is 1. The van der Waals surface area contributed by atoms with Crippen LogP contribution < -0.4 is 5.32 Å². The van der Waals surface area contributed by atoms with Crippen LogP contribution in [0.4, 0.5) is 0 Å². The summed E-state index contributed by atoms with van der Waals surface area (Å²) in [6.07, 6.45) is 5.88. The zero-order chi connectivity index (χ0) is 22.4. The van der Waals surface area contributed by atoms with E-state index in [9.17, 15) is 14.4 Å². The molecule has 1 N–H and O–H groups in total. The summed E-state index contributed by atoms with van der Waals surface area (Å²) in [5.41, 5.74) is 0. The van der Waals surface area contributed by atoms with E-state index < -0.39 is 0 Å². The fraction of sp³-hybridized carbons (Fsp3) is 0.870. The first-order valence-corrected chi connectivity index (χ1v) is 11.7. The van der Waals surface area contributed by atoms with Crippen molar-refractivity contribution in [2.45, 2.75) is 91.1 Å². The van der Waals surface area contributed by atoms with Crippen molar-refractivity contribution in [2.75, 3.05) is 33.0 Å². The summed E-state index contributed by atoms with van der Waals surface area (Å²) < 4.78 is 11.0. The van der Waals surface area contributed by atoms with Gasteiger partial charge in [-0.15, -0.1) is 0 Å². The predicted molar refractivity (Wildman–Crippen MR) is 117 cm³/mol. The molecule has 0 aromatic carbocycles. The monoisotopic (exact) mass is 426 g/mol. The average molecular weight is 427 g/mol. The van der Waals surface area contributed by atoms with Crippen molar-refractivity contribution >= 4 is 17.6 Å². The topological polar surface area (TPSA) is 84.9 Å². The Morgan fingerprint density at radius 3 is 2.13 bits per heavy atom. The summed E-state index contributed by atoms with van der Waals surface area (Å²) >= 11 is 0. The summed E-state index contributed by atoms with van der Waals surface area (Å²) in [7, 11) is 0. The van der Waals surface area contributed by atoms with Crippen LogP contribution in [0.3, 0.4) is 0 Å². The molecule has 1 rings (SSSR count). The molecule has 0 bridgehead atoms. The van der Waals surface area contributed by atoms with Crippen molar-refractivity contribution in [2.24, 2.45) is 5.92 Å². The lowest BCUT2D eigenvalue weighted by Crippen LogP contribution is -2.39. The Morgan fingerprint density at radius 2 is 1.57 bits per heavy atom. The van der Waals surface area contributed by atoms with Crippen molar-refractivity contribution in [3.8, 4) is 0 Å². The van der Waals surface area contributed by atoms with Gasteiger partial charge < -0.3 is 19.7 Å². The first kappa shape index (κ1) is 26.6. The molecule has 2 amide bonds. The normalized spacial score (nSPS) is 19.0. The van der Waals surface area contributed by atoms with Gasteiger partial charge in [-0.2, -0.15) is 0 Å². The van der Waals surface area contributed by atoms with Crippen LogP contribution in [-0.4, -0.2) is 67.6 Å². The van der Waals surface area contributed by atoms with Crippen molar-refractivity contribution in [3.05, 3.63) is 0 Å². The number of hydrogen-bond acceptors (Lipinski definition) is 5. The zero-order valence-corrected chi connectivity index (χ0v) is 19.4. The van der Waals surface area contributed by atoms with Gasteiger partial charge in [0.15, 0.2) is 0 Å². The molecule has 0 aliphatic heterocycles. The molecule has 1 fully saturated rings. The maximum absolute atomic E-state index is 12.0. The number of carbonyl (C=O) groups is 3. The minimum atomic E-state index is 0.00296. The highest BCUT2D eigenvalue weighted by Gasteiger charge is 2.25. The van der Waals surface area contributed by atoms with E-state index in [1.807, 2.05) is 32.6 Å². The average Bonchev–Trinajstić information content (AvgIpc) is 2.72. The maximum atomic E-state index is 12.0. The van der Waals surface area contributed by atoms with Gasteiger partial charge in [0.1, 0.15) is 5.78 Å². The first-order valence-electron chi connectivity index (χ1n) is 11.7. The molecular weight excluding hydrogens is 384 g/mol. The smallest absolute Gasteiger partial charge is 0.222 e. The van der Waals surface area contributed by atoms with E-state index in [1.54, 1.807) is 0 Å². The number of nitrogens with one attached hydrogen (secondary N) is 1. The number of hydrogen-bond donors (Lipinski definition) is 1. The number of ketones is 1. The third-order valence-corrected chi connectivity index (χ3v) is 5.63. The molecule has 0 unspecified atom stereocenters. The number of amides is 2. The lowest BCUT2D eigenvalue weighted by molar-refractivity contribution is -0.133. The Labute approximate surface area is 182 Å². The van der Waals surface area contributed by atoms with Gasteiger partial charge in [0.05, 0.1) is 26.4 Å². The Hall–Kier alpha value is -1.47. The zero-order valence-electron chi connectivity index (χ0n) is 19.4. The van der Waals surface area contributed by atoms with Gasteiger partial charge in [0, 0.05) is 43.8 Å². The second kappa shape index (κ2) is 15.3. The highest BCUT2D eigenvalue weighted by Crippen LogP contribution is 2.25. The molecule has 0 saturated heterocycles. The van der Waals surface area contributed by atoms with E-state index in [0.717, 1.165) is 32.1 Å². The molecule has 7 heteroatoms. The molecule has 7 nitrogen and oxygen atoms in total. The van der Waals surface area contributed by atoms with Gasteiger partial charge in [-0.1, -0.05) is 13.8 Å². The van der Waals surface area contributed by atoms with E-state index in [4.69, 9.17) is 9.47 Å². The second-order valence-electron chi connectivity index (χ2n) is 8.34. The predicted octanol–water partition coefficient (Wildman–Crippen LogP) is 3.10. The van der Waals surface area contributed by atoms with Gasteiger partial charge in [0.25, 0.3) is 0 Å². The Balaban J connectivity index is 2.04. The summed E-state index contributed by atoms with van der Waals surface area (Å²) in [4.78, 5) is 37.7. The number of carbonyl (C=O) groups excluding carboxylic acids is 3. The highest BCUT2D eigenvalue weighted by atomic mass is 16.5. The molecule has 30 heavy (non-hydrogen) atoms. The van der Waals surface area contributed by atoms with Gasteiger partial charge in [0.2, 0.25) is 11.8 Å². The summed E-state index contributed by atoms with van der Waals surface area (Å²) in [5.74, 6) is 0.704. The molecule has 0 aromatic rings. The van der Waals surface area contributed by atoms with Crippen molar-refractivity contribution in [1.82, 2.24) is 10.2 Å². The van der Waals surface area contributed by atoms with Crippen molar-refractivity contribution in [3.63, 3.8) is 0 Å². The highest BCUT2D eigenvalue weighted by molar-refractivity contribution is 5.81. The van der Waals surface area contributed by atoms with E-state index in [2.05, 4.69) is 5.32 Å². The summed E-state index contributed by atoms with van der Waals surface area (Å²) in [6.45, 7) is 10.3. The Kier molecular flexibility index (Phi) is 13.6. The second-order valence-corrected chi connectivity index (χ2v) is 8.34.